The minimum Gasteiger partial charge on any atom is -0.491 e. The molecule has 0 saturated carbocycles. The molecule has 2 atom stereocenters. The molecule has 21 heavy (non-hydrogen) atoms. The van der Waals surface area contributed by atoms with Gasteiger partial charge >= 0.3 is 0 Å². The summed E-state index contributed by atoms with van der Waals surface area (Å²) < 4.78 is 5.88. The first kappa shape index (κ1) is 15.9. The van der Waals surface area contributed by atoms with Crippen LogP contribution >= 0.6 is 0 Å². The van der Waals surface area contributed by atoms with E-state index in [4.69, 9.17) is 4.74 Å². The molecule has 1 N–H and O–H groups in total. The molecule has 2 rings (SSSR count). The van der Waals surface area contributed by atoms with Gasteiger partial charge in [0.2, 0.25) is 0 Å². The Morgan fingerprint density at radius 3 is 2.81 bits per heavy atom. The predicted molar refractivity (Wildman–Crippen MR) is 91.1 cm³/mol. The van der Waals surface area contributed by atoms with Crippen LogP contribution in [0.2, 0.25) is 0 Å². The zero-order valence-electron chi connectivity index (χ0n) is 13.9. The number of anilines is 1. The Balaban J connectivity index is 1.98. The van der Waals surface area contributed by atoms with Crippen molar-refractivity contribution in [1.82, 2.24) is 0 Å². The second-order valence-electron chi connectivity index (χ2n) is 6.53. The summed E-state index contributed by atoms with van der Waals surface area (Å²) in [6, 6.07) is 6.43. The molecular formula is C19H29NO. The number of benzene rings is 1. The van der Waals surface area contributed by atoms with E-state index in [9.17, 15) is 0 Å². The number of ether oxygens (including phenoxy) is 1. The number of hydrogen-bond acceptors (Lipinski definition) is 2. The molecule has 116 valence electrons. The second-order valence-corrected chi connectivity index (χ2v) is 6.53. The summed E-state index contributed by atoms with van der Waals surface area (Å²) in [5, 5.41) is 3.61. The number of nitrogens with one attached hydrogen (secondary N) is 1. The molecule has 0 amide bonds. The fraction of sp³-hybridized carbons (Fsp3) is 0.579. The van der Waals surface area contributed by atoms with E-state index in [0.717, 1.165) is 36.9 Å². The maximum atomic E-state index is 5.88. The molecule has 2 unspecified atom stereocenters. The lowest BCUT2D eigenvalue weighted by atomic mass is 9.84. The van der Waals surface area contributed by atoms with Crippen LogP contribution in [0.4, 0.5) is 5.69 Å². The molecule has 0 radical (unpaired) electrons. The van der Waals surface area contributed by atoms with E-state index in [0.29, 0.717) is 5.92 Å². The summed E-state index contributed by atoms with van der Waals surface area (Å²) in [5.41, 5.74) is 3.91. The van der Waals surface area contributed by atoms with Gasteiger partial charge in [0.15, 0.2) is 0 Å². The van der Waals surface area contributed by atoms with E-state index in [1.165, 1.54) is 24.0 Å². The summed E-state index contributed by atoms with van der Waals surface area (Å²) in [5.74, 6) is 2.43. The third-order valence-corrected chi connectivity index (χ3v) is 4.06. The van der Waals surface area contributed by atoms with Crippen LogP contribution in [-0.4, -0.2) is 13.2 Å². The topological polar surface area (TPSA) is 21.3 Å². The first-order chi connectivity index (χ1) is 10.1. The first-order valence-electron chi connectivity index (χ1n) is 8.23. The lowest BCUT2D eigenvalue weighted by molar-refractivity contribution is 0.318. The van der Waals surface area contributed by atoms with Crippen LogP contribution in [0.15, 0.2) is 29.8 Å². The van der Waals surface area contributed by atoms with Crippen molar-refractivity contribution in [3.8, 4) is 5.75 Å². The van der Waals surface area contributed by atoms with Gasteiger partial charge in [0.1, 0.15) is 5.75 Å². The molecule has 1 aliphatic rings. The van der Waals surface area contributed by atoms with E-state index >= 15 is 0 Å². The highest BCUT2D eigenvalue weighted by Crippen LogP contribution is 2.30. The summed E-state index contributed by atoms with van der Waals surface area (Å²) in [6.07, 6.45) is 5.95. The van der Waals surface area contributed by atoms with Gasteiger partial charge in [-0.3, -0.25) is 0 Å². The largest absolute Gasteiger partial charge is 0.491 e. The molecule has 0 fully saturated rings. The van der Waals surface area contributed by atoms with Gasteiger partial charge in [-0.15, -0.1) is 0 Å². The summed E-state index contributed by atoms with van der Waals surface area (Å²) in [4.78, 5) is 0. The van der Waals surface area contributed by atoms with Gasteiger partial charge in [0, 0.05) is 6.54 Å². The van der Waals surface area contributed by atoms with E-state index in [1.807, 2.05) is 0 Å². The van der Waals surface area contributed by atoms with Crippen LogP contribution in [0.1, 0.15) is 45.6 Å². The van der Waals surface area contributed by atoms with Crippen molar-refractivity contribution in [2.75, 3.05) is 18.5 Å². The van der Waals surface area contributed by atoms with Crippen LogP contribution in [0, 0.1) is 18.8 Å². The highest BCUT2D eigenvalue weighted by Gasteiger charge is 2.18. The number of hydrogen-bond donors (Lipinski definition) is 1. The van der Waals surface area contributed by atoms with Gasteiger partial charge in [-0.25, -0.2) is 0 Å². The van der Waals surface area contributed by atoms with Crippen LogP contribution < -0.4 is 10.1 Å². The van der Waals surface area contributed by atoms with Gasteiger partial charge in [-0.05, 0) is 62.6 Å². The smallest absolute Gasteiger partial charge is 0.142 e. The Morgan fingerprint density at radius 1 is 1.29 bits per heavy atom. The SMILES string of the molecule is CCCOc1cc(C)ccc1NCC1CC(C)=CC(C)C1. The minimum absolute atomic E-state index is 0.708. The molecule has 1 aromatic rings. The van der Waals surface area contributed by atoms with Crippen LogP contribution in [0.3, 0.4) is 0 Å². The lowest BCUT2D eigenvalue weighted by Gasteiger charge is -2.26. The van der Waals surface area contributed by atoms with E-state index < -0.39 is 0 Å². The molecule has 0 heterocycles. The first-order valence-corrected chi connectivity index (χ1v) is 8.23. The molecule has 2 heteroatoms. The molecule has 0 spiro atoms. The molecular weight excluding hydrogens is 258 g/mol. The quantitative estimate of drug-likeness (QED) is 0.727. The highest BCUT2D eigenvalue weighted by molar-refractivity contribution is 5.57. The Bertz CT molecular complexity index is 492. The normalized spacial score (nSPS) is 21.8. The maximum absolute atomic E-state index is 5.88. The van der Waals surface area contributed by atoms with Gasteiger partial charge in [0.05, 0.1) is 12.3 Å². The average molecular weight is 287 g/mol. The summed E-state index contributed by atoms with van der Waals surface area (Å²) in [7, 11) is 0. The number of rotatable bonds is 6. The number of allylic oxidation sites excluding steroid dienone is 2. The molecule has 1 aliphatic carbocycles. The van der Waals surface area contributed by atoms with Crippen molar-refractivity contribution in [1.29, 1.82) is 0 Å². The van der Waals surface area contributed by atoms with Crippen molar-refractivity contribution >= 4 is 5.69 Å². The average Bonchev–Trinajstić information content (AvgIpc) is 2.43. The molecule has 1 aromatic carbocycles. The highest BCUT2D eigenvalue weighted by atomic mass is 16.5. The van der Waals surface area contributed by atoms with Gasteiger partial charge < -0.3 is 10.1 Å². The number of aryl methyl sites for hydroxylation is 1. The van der Waals surface area contributed by atoms with E-state index in [1.54, 1.807) is 0 Å². The van der Waals surface area contributed by atoms with E-state index in [2.05, 4.69) is 57.3 Å². The van der Waals surface area contributed by atoms with Crippen molar-refractivity contribution in [2.24, 2.45) is 11.8 Å². The van der Waals surface area contributed by atoms with Crippen molar-refractivity contribution in [3.05, 3.63) is 35.4 Å². The Kier molecular flexibility index (Phi) is 5.72. The molecule has 0 aromatic heterocycles. The van der Waals surface area contributed by atoms with Crippen molar-refractivity contribution in [2.45, 2.75) is 47.0 Å². The molecule has 0 saturated heterocycles. The lowest BCUT2D eigenvalue weighted by Crippen LogP contribution is -2.20. The third-order valence-electron chi connectivity index (χ3n) is 4.06. The zero-order chi connectivity index (χ0) is 15.2. The monoisotopic (exact) mass is 287 g/mol. The zero-order valence-corrected chi connectivity index (χ0v) is 13.9. The van der Waals surface area contributed by atoms with Crippen LogP contribution in [0.5, 0.6) is 5.75 Å². The van der Waals surface area contributed by atoms with Gasteiger partial charge in [-0.1, -0.05) is 31.6 Å². The van der Waals surface area contributed by atoms with Crippen molar-refractivity contribution in [3.63, 3.8) is 0 Å². The fourth-order valence-corrected chi connectivity index (χ4v) is 3.20. The molecule has 0 bridgehead atoms. The summed E-state index contributed by atoms with van der Waals surface area (Å²) >= 11 is 0. The fourth-order valence-electron chi connectivity index (χ4n) is 3.20. The van der Waals surface area contributed by atoms with Gasteiger partial charge in [0.25, 0.3) is 0 Å². The van der Waals surface area contributed by atoms with Crippen LogP contribution in [0.25, 0.3) is 0 Å². The van der Waals surface area contributed by atoms with Crippen molar-refractivity contribution < 1.29 is 4.74 Å². The minimum atomic E-state index is 0.708. The third kappa shape index (κ3) is 4.80. The molecule has 2 nitrogen and oxygen atoms in total. The summed E-state index contributed by atoms with van der Waals surface area (Å²) in [6.45, 7) is 10.6. The predicted octanol–water partition coefficient (Wildman–Crippen LogP) is 5.19. The molecule has 0 aliphatic heterocycles. The Hall–Kier alpha value is -1.44. The van der Waals surface area contributed by atoms with E-state index in [-0.39, 0.29) is 0 Å². The van der Waals surface area contributed by atoms with Gasteiger partial charge in [-0.2, -0.15) is 0 Å². The maximum Gasteiger partial charge on any atom is 0.142 e. The standard InChI is InChI=1S/C19H29NO/c1-5-8-21-19-12-14(2)6-7-18(19)20-13-17-10-15(3)9-16(4)11-17/h6-7,9,12,15,17,20H,5,8,10-11,13H2,1-4H3. The van der Waals surface area contributed by atoms with Crippen LogP contribution in [-0.2, 0) is 0 Å². The second kappa shape index (κ2) is 7.53. The Labute approximate surface area is 129 Å². The Morgan fingerprint density at radius 2 is 2.10 bits per heavy atom.